The van der Waals surface area contributed by atoms with Crippen LogP contribution >= 0.6 is 0 Å². The lowest BCUT2D eigenvalue weighted by Crippen LogP contribution is -2.49. The van der Waals surface area contributed by atoms with Crippen molar-refractivity contribution in [3.8, 4) is 0 Å². The van der Waals surface area contributed by atoms with Crippen molar-refractivity contribution in [2.45, 2.75) is 31.1 Å². The molecule has 7 nitrogen and oxygen atoms in total. The number of aliphatic hydroxyl groups excluding tert-OH is 1. The van der Waals surface area contributed by atoms with E-state index in [4.69, 9.17) is 4.74 Å². The molecule has 0 spiro atoms. The summed E-state index contributed by atoms with van der Waals surface area (Å²) in [5, 5.41) is 12.2. The monoisotopic (exact) mass is 320 g/mol. The van der Waals surface area contributed by atoms with Crippen molar-refractivity contribution >= 4 is 11.9 Å². The van der Waals surface area contributed by atoms with Gasteiger partial charge in [0.15, 0.2) is 0 Å². The van der Waals surface area contributed by atoms with Crippen molar-refractivity contribution in [3.63, 3.8) is 0 Å². The van der Waals surface area contributed by atoms with Gasteiger partial charge in [0.2, 0.25) is 5.91 Å². The summed E-state index contributed by atoms with van der Waals surface area (Å²) < 4.78 is 10.2. The number of nitrogens with zero attached hydrogens (tertiary/aromatic N) is 1. The van der Waals surface area contributed by atoms with E-state index in [0.29, 0.717) is 0 Å². The van der Waals surface area contributed by atoms with Crippen LogP contribution in [0.15, 0.2) is 36.7 Å². The summed E-state index contributed by atoms with van der Waals surface area (Å²) in [5.74, 6) is -0.587. The highest BCUT2D eigenvalue weighted by molar-refractivity contribution is 5.79. The SMILES string of the molecule is COC(=O)C[C@H]1C=C[C@@H](NC(=O)Cc2cccnc2)[C@@H](CO)O1. The fraction of sp³-hybridized carbons (Fsp3) is 0.438. The molecule has 1 aromatic rings. The minimum Gasteiger partial charge on any atom is -0.469 e. The van der Waals surface area contributed by atoms with Crippen LogP contribution < -0.4 is 5.32 Å². The molecule has 7 heteroatoms. The van der Waals surface area contributed by atoms with E-state index in [2.05, 4.69) is 15.0 Å². The third kappa shape index (κ3) is 5.15. The average Bonchev–Trinajstić information content (AvgIpc) is 2.56. The number of rotatable bonds is 6. The van der Waals surface area contributed by atoms with Crippen LogP contribution in [0.5, 0.6) is 0 Å². The number of aliphatic hydroxyl groups is 1. The van der Waals surface area contributed by atoms with Gasteiger partial charge < -0.3 is 19.9 Å². The van der Waals surface area contributed by atoms with E-state index in [0.717, 1.165) is 5.56 Å². The normalized spacial score (nSPS) is 23.3. The molecule has 2 N–H and O–H groups in total. The third-order valence-corrected chi connectivity index (χ3v) is 3.47. The predicted molar refractivity (Wildman–Crippen MR) is 81.4 cm³/mol. The Morgan fingerprint density at radius 1 is 1.43 bits per heavy atom. The molecule has 2 heterocycles. The molecule has 0 aromatic carbocycles. The van der Waals surface area contributed by atoms with Crippen LogP contribution in [0.25, 0.3) is 0 Å². The van der Waals surface area contributed by atoms with Crippen molar-refractivity contribution in [3.05, 3.63) is 42.2 Å². The highest BCUT2D eigenvalue weighted by atomic mass is 16.5. The van der Waals surface area contributed by atoms with E-state index >= 15 is 0 Å². The number of hydrogen-bond acceptors (Lipinski definition) is 6. The molecule has 0 bridgehead atoms. The first-order chi connectivity index (χ1) is 11.1. The van der Waals surface area contributed by atoms with Crippen LogP contribution in [0.2, 0.25) is 0 Å². The number of carbonyl (C=O) groups excluding carboxylic acids is 2. The van der Waals surface area contributed by atoms with Crippen LogP contribution in [-0.2, 0) is 25.5 Å². The van der Waals surface area contributed by atoms with E-state index in [9.17, 15) is 14.7 Å². The van der Waals surface area contributed by atoms with Gasteiger partial charge in [-0.3, -0.25) is 14.6 Å². The molecule has 1 aliphatic rings. The molecule has 0 unspecified atom stereocenters. The molecule has 0 fully saturated rings. The number of nitrogens with one attached hydrogen (secondary N) is 1. The second-order valence-corrected chi connectivity index (χ2v) is 5.19. The first-order valence-electron chi connectivity index (χ1n) is 7.32. The van der Waals surface area contributed by atoms with E-state index in [-0.39, 0.29) is 25.4 Å². The van der Waals surface area contributed by atoms with Gasteiger partial charge in [0.1, 0.15) is 6.10 Å². The number of amides is 1. The van der Waals surface area contributed by atoms with Gasteiger partial charge in [0.05, 0.1) is 38.7 Å². The molecule has 23 heavy (non-hydrogen) atoms. The Morgan fingerprint density at radius 3 is 2.91 bits per heavy atom. The van der Waals surface area contributed by atoms with Gasteiger partial charge in [0, 0.05) is 12.4 Å². The second-order valence-electron chi connectivity index (χ2n) is 5.19. The lowest BCUT2D eigenvalue weighted by molar-refractivity contribution is -0.145. The Balaban J connectivity index is 1.92. The molecule has 1 amide bonds. The Labute approximate surface area is 134 Å². The molecule has 3 atom stereocenters. The van der Waals surface area contributed by atoms with Gasteiger partial charge in [-0.2, -0.15) is 0 Å². The van der Waals surface area contributed by atoms with Gasteiger partial charge >= 0.3 is 5.97 Å². The maximum absolute atomic E-state index is 12.1. The summed E-state index contributed by atoms with van der Waals surface area (Å²) in [6, 6.07) is 3.13. The van der Waals surface area contributed by atoms with E-state index < -0.39 is 24.2 Å². The molecule has 0 radical (unpaired) electrons. The van der Waals surface area contributed by atoms with Crippen molar-refractivity contribution in [2.24, 2.45) is 0 Å². The zero-order valence-corrected chi connectivity index (χ0v) is 12.8. The van der Waals surface area contributed by atoms with Crippen molar-refractivity contribution in [2.75, 3.05) is 13.7 Å². The fourth-order valence-corrected chi connectivity index (χ4v) is 2.31. The number of hydrogen-bond donors (Lipinski definition) is 2. The number of ether oxygens (including phenoxy) is 2. The second kappa shape index (κ2) is 8.40. The summed E-state index contributed by atoms with van der Waals surface area (Å²) in [7, 11) is 1.31. The van der Waals surface area contributed by atoms with Crippen LogP contribution in [0.3, 0.4) is 0 Å². The number of methoxy groups -OCH3 is 1. The molecule has 2 rings (SSSR count). The summed E-state index contributed by atoms with van der Waals surface area (Å²) in [4.78, 5) is 27.3. The Hall–Kier alpha value is -2.25. The average molecular weight is 320 g/mol. The van der Waals surface area contributed by atoms with Crippen LogP contribution in [0.1, 0.15) is 12.0 Å². The van der Waals surface area contributed by atoms with Crippen molar-refractivity contribution in [1.82, 2.24) is 10.3 Å². The Bertz CT molecular complexity index is 561. The zero-order valence-electron chi connectivity index (χ0n) is 12.8. The number of aromatic nitrogens is 1. The van der Waals surface area contributed by atoms with Gasteiger partial charge in [0.25, 0.3) is 0 Å². The molecular weight excluding hydrogens is 300 g/mol. The summed E-state index contributed by atoms with van der Waals surface area (Å²) in [6.45, 7) is -0.264. The van der Waals surface area contributed by atoms with Crippen molar-refractivity contribution < 1.29 is 24.2 Å². The number of carbonyl (C=O) groups is 2. The summed E-state index contributed by atoms with van der Waals surface area (Å²) in [6.07, 6.45) is 5.89. The standard InChI is InChI=1S/C16H20N2O5/c1-22-16(21)8-12-4-5-13(14(10-19)23-12)18-15(20)7-11-3-2-6-17-9-11/h2-6,9,12-14,19H,7-8,10H2,1H3,(H,18,20)/t12-,13-,14-/m1/s1. The van der Waals surface area contributed by atoms with Gasteiger partial charge in [-0.05, 0) is 11.6 Å². The molecule has 1 aromatic heterocycles. The van der Waals surface area contributed by atoms with Crippen LogP contribution in [0, 0.1) is 0 Å². The minimum absolute atomic E-state index is 0.0693. The zero-order chi connectivity index (χ0) is 16.7. The Kier molecular flexibility index (Phi) is 6.25. The minimum atomic E-state index is -0.604. The predicted octanol–water partition coefficient (Wildman–Crippen LogP) is -0.0121. The molecule has 1 aliphatic heterocycles. The molecule has 0 saturated heterocycles. The highest BCUT2D eigenvalue weighted by Crippen LogP contribution is 2.16. The first kappa shape index (κ1) is 17.1. The highest BCUT2D eigenvalue weighted by Gasteiger charge is 2.29. The van der Waals surface area contributed by atoms with Crippen molar-refractivity contribution in [1.29, 1.82) is 0 Å². The fourth-order valence-electron chi connectivity index (χ4n) is 2.31. The molecule has 124 valence electrons. The van der Waals surface area contributed by atoms with Gasteiger partial charge in [-0.15, -0.1) is 0 Å². The largest absolute Gasteiger partial charge is 0.469 e. The molecular formula is C16H20N2O5. The topological polar surface area (TPSA) is 97.8 Å². The van der Waals surface area contributed by atoms with E-state index in [1.165, 1.54) is 7.11 Å². The van der Waals surface area contributed by atoms with E-state index in [1.807, 2.05) is 6.07 Å². The lowest BCUT2D eigenvalue weighted by atomic mass is 10.0. The Morgan fingerprint density at radius 2 is 2.26 bits per heavy atom. The number of pyridine rings is 1. The molecule has 0 saturated carbocycles. The summed E-state index contributed by atoms with van der Waals surface area (Å²) >= 11 is 0. The van der Waals surface area contributed by atoms with Gasteiger partial charge in [-0.25, -0.2) is 0 Å². The summed E-state index contributed by atoms with van der Waals surface area (Å²) in [5.41, 5.74) is 0.801. The molecule has 0 aliphatic carbocycles. The lowest BCUT2D eigenvalue weighted by Gasteiger charge is -2.31. The van der Waals surface area contributed by atoms with E-state index in [1.54, 1.807) is 30.6 Å². The maximum Gasteiger partial charge on any atom is 0.308 e. The quantitative estimate of drug-likeness (QED) is 0.565. The van der Waals surface area contributed by atoms with Crippen LogP contribution in [-0.4, -0.2) is 53.9 Å². The smallest absolute Gasteiger partial charge is 0.308 e. The number of esters is 1. The third-order valence-electron chi connectivity index (χ3n) is 3.47. The van der Waals surface area contributed by atoms with Gasteiger partial charge in [-0.1, -0.05) is 18.2 Å². The maximum atomic E-state index is 12.1. The van der Waals surface area contributed by atoms with Crippen LogP contribution in [0.4, 0.5) is 0 Å². The first-order valence-corrected chi connectivity index (χ1v) is 7.32.